The van der Waals surface area contributed by atoms with Gasteiger partial charge in [-0.3, -0.25) is 9.05 Å². The summed E-state index contributed by atoms with van der Waals surface area (Å²) in [6.07, 6.45) is -0.153. The largest absolute Gasteiger partial charge is 0.472 e. The summed E-state index contributed by atoms with van der Waals surface area (Å²) in [7, 11) is -3.83. The highest BCUT2D eigenvalue weighted by atomic mass is 31.2. The van der Waals surface area contributed by atoms with Crippen molar-refractivity contribution in [2.75, 3.05) is 13.2 Å². The molecule has 3 unspecified atom stereocenters. The van der Waals surface area contributed by atoms with Crippen LogP contribution in [-0.2, 0) is 13.6 Å². The van der Waals surface area contributed by atoms with Gasteiger partial charge >= 0.3 is 7.82 Å². The van der Waals surface area contributed by atoms with Gasteiger partial charge in [-0.1, -0.05) is 6.92 Å². The number of aliphatic hydroxyl groups is 1. The molecular weight excluding hydrogens is 183 g/mol. The van der Waals surface area contributed by atoms with Gasteiger partial charge < -0.3 is 10.00 Å². The fourth-order valence-electron chi connectivity index (χ4n) is 0.933. The molecule has 1 saturated heterocycles. The third-order valence-electron chi connectivity index (χ3n) is 1.83. The number of phosphoric acid groups is 1. The molecule has 1 aliphatic rings. The summed E-state index contributed by atoms with van der Waals surface area (Å²) in [5.41, 5.74) is 0. The Morgan fingerprint density at radius 3 is 2.83 bits per heavy atom. The van der Waals surface area contributed by atoms with Crippen LogP contribution in [0.4, 0.5) is 0 Å². The van der Waals surface area contributed by atoms with E-state index in [1.807, 2.05) is 0 Å². The highest BCUT2D eigenvalue weighted by Gasteiger charge is 2.27. The maximum absolute atomic E-state index is 10.9. The minimum Gasteiger partial charge on any atom is -0.393 e. The molecule has 1 aliphatic heterocycles. The Kier molecular flexibility index (Phi) is 3.26. The van der Waals surface area contributed by atoms with Crippen molar-refractivity contribution < 1.29 is 23.6 Å². The minimum atomic E-state index is -3.83. The van der Waals surface area contributed by atoms with Crippen LogP contribution in [0.2, 0.25) is 0 Å². The number of rotatable bonds is 0. The molecule has 0 saturated carbocycles. The molecule has 5 nitrogen and oxygen atoms in total. The van der Waals surface area contributed by atoms with Gasteiger partial charge in [0, 0.05) is 5.92 Å². The Morgan fingerprint density at radius 2 is 2.17 bits per heavy atom. The molecule has 0 aromatic rings. The van der Waals surface area contributed by atoms with E-state index >= 15 is 0 Å². The molecule has 0 spiro atoms. The van der Waals surface area contributed by atoms with E-state index in [2.05, 4.69) is 9.05 Å². The zero-order valence-corrected chi connectivity index (χ0v) is 7.74. The molecule has 6 heteroatoms. The lowest BCUT2D eigenvalue weighted by molar-refractivity contribution is 0.0256. The van der Waals surface area contributed by atoms with Crippen LogP contribution in [0.15, 0.2) is 0 Å². The van der Waals surface area contributed by atoms with Crippen LogP contribution in [0.25, 0.3) is 0 Å². The predicted molar refractivity (Wildman–Crippen MR) is 41.5 cm³/mol. The smallest absolute Gasteiger partial charge is 0.393 e. The Bertz CT molecular complexity index is 194. The van der Waals surface area contributed by atoms with Crippen molar-refractivity contribution in [2.24, 2.45) is 5.92 Å². The Labute approximate surface area is 70.9 Å². The minimum absolute atomic E-state index is 0.0505. The lowest BCUT2D eigenvalue weighted by atomic mass is 10.0. The van der Waals surface area contributed by atoms with E-state index in [1.54, 1.807) is 6.92 Å². The zero-order valence-electron chi connectivity index (χ0n) is 6.84. The number of aliphatic hydroxyl groups excluding tert-OH is 1. The van der Waals surface area contributed by atoms with Crippen LogP contribution in [0.3, 0.4) is 0 Å². The summed E-state index contributed by atoms with van der Waals surface area (Å²) in [5, 5.41) is 9.32. The van der Waals surface area contributed by atoms with Crippen molar-refractivity contribution in [1.82, 2.24) is 0 Å². The van der Waals surface area contributed by atoms with E-state index in [9.17, 15) is 9.67 Å². The lowest BCUT2D eigenvalue weighted by Gasteiger charge is -2.23. The average molecular weight is 196 g/mol. The van der Waals surface area contributed by atoms with Crippen molar-refractivity contribution in [3.8, 4) is 0 Å². The summed E-state index contributed by atoms with van der Waals surface area (Å²) >= 11 is 0. The predicted octanol–water partition coefficient (Wildman–Crippen LogP) is 0.521. The van der Waals surface area contributed by atoms with E-state index in [4.69, 9.17) is 4.89 Å². The molecular formula is C6H13O5P. The molecule has 12 heavy (non-hydrogen) atoms. The van der Waals surface area contributed by atoms with Crippen molar-refractivity contribution in [3.05, 3.63) is 0 Å². The normalized spacial score (nSPS) is 44.9. The van der Waals surface area contributed by atoms with Crippen molar-refractivity contribution in [2.45, 2.75) is 19.4 Å². The Balaban J connectivity index is 2.52. The van der Waals surface area contributed by atoms with E-state index < -0.39 is 13.9 Å². The summed E-state index contributed by atoms with van der Waals surface area (Å²) in [6, 6.07) is 0. The van der Waals surface area contributed by atoms with Crippen molar-refractivity contribution >= 4 is 7.82 Å². The summed E-state index contributed by atoms with van der Waals surface area (Å²) in [6.45, 7) is 1.87. The van der Waals surface area contributed by atoms with Gasteiger partial charge in [0.15, 0.2) is 0 Å². The summed E-state index contributed by atoms with van der Waals surface area (Å²) in [5.74, 6) is -0.130. The molecule has 1 heterocycles. The van der Waals surface area contributed by atoms with Gasteiger partial charge in [0.1, 0.15) is 0 Å². The fraction of sp³-hybridized carbons (Fsp3) is 1.00. The van der Waals surface area contributed by atoms with Crippen molar-refractivity contribution in [3.63, 3.8) is 0 Å². The van der Waals surface area contributed by atoms with E-state index in [0.717, 1.165) is 0 Å². The van der Waals surface area contributed by atoms with Gasteiger partial charge in [-0.15, -0.1) is 0 Å². The van der Waals surface area contributed by atoms with Crippen LogP contribution in [0.1, 0.15) is 13.3 Å². The average Bonchev–Trinajstić information content (AvgIpc) is 1.98. The molecule has 1 rings (SSSR count). The van der Waals surface area contributed by atoms with Crippen LogP contribution >= 0.6 is 7.82 Å². The molecule has 0 amide bonds. The second kappa shape index (κ2) is 3.85. The topological polar surface area (TPSA) is 76.0 Å². The van der Waals surface area contributed by atoms with Gasteiger partial charge in [-0.2, -0.15) is 0 Å². The summed E-state index contributed by atoms with van der Waals surface area (Å²) < 4.78 is 20.0. The number of phosphoric ester groups is 1. The monoisotopic (exact) mass is 196 g/mol. The summed E-state index contributed by atoms with van der Waals surface area (Å²) in [4.78, 5) is 8.91. The van der Waals surface area contributed by atoms with E-state index in [0.29, 0.717) is 6.42 Å². The first-order valence-electron chi connectivity index (χ1n) is 3.81. The molecule has 72 valence electrons. The highest BCUT2D eigenvalue weighted by Crippen LogP contribution is 2.44. The van der Waals surface area contributed by atoms with Gasteiger partial charge in [0.2, 0.25) is 0 Å². The lowest BCUT2D eigenvalue weighted by Crippen LogP contribution is -2.25. The van der Waals surface area contributed by atoms with Crippen LogP contribution in [-0.4, -0.2) is 29.3 Å². The van der Waals surface area contributed by atoms with Crippen LogP contribution in [0, 0.1) is 5.92 Å². The molecule has 0 bridgehead atoms. The Hall–Kier alpha value is 0.0700. The van der Waals surface area contributed by atoms with Crippen LogP contribution < -0.4 is 0 Å². The van der Waals surface area contributed by atoms with Gasteiger partial charge in [-0.05, 0) is 6.42 Å². The third-order valence-corrected chi connectivity index (χ3v) is 2.81. The second-order valence-electron chi connectivity index (χ2n) is 2.93. The number of hydrogen-bond acceptors (Lipinski definition) is 4. The molecule has 0 aromatic heterocycles. The maximum atomic E-state index is 10.9. The van der Waals surface area contributed by atoms with E-state index in [1.165, 1.54) is 0 Å². The van der Waals surface area contributed by atoms with E-state index in [-0.39, 0.29) is 19.1 Å². The van der Waals surface area contributed by atoms with Gasteiger partial charge in [0.25, 0.3) is 0 Å². The first-order valence-corrected chi connectivity index (χ1v) is 5.31. The maximum Gasteiger partial charge on any atom is 0.472 e. The molecule has 2 N–H and O–H groups in total. The molecule has 3 atom stereocenters. The van der Waals surface area contributed by atoms with Gasteiger partial charge in [0.05, 0.1) is 19.3 Å². The fourth-order valence-corrected chi connectivity index (χ4v) is 1.77. The molecule has 0 radical (unpaired) electrons. The SMILES string of the molecule is CC1COP(=O)(O)OCCC1O. The second-order valence-corrected chi connectivity index (χ2v) is 4.38. The molecule has 0 aliphatic carbocycles. The van der Waals surface area contributed by atoms with Crippen LogP contribution in [0.5, 0.6) is 0 Å². The van der Waals surface area contributed by atoms with Gasteiger partial charge in [-0.25, -0.2) is 4.57 Å². The first-order chi connectivity index (χ1) is 5.51. The Morgan fingerprint density at radius 1 is 1.50 bits per heavy atom. The first kappa shape index (κ1) is 10.2. The highest BCUT2D eigenvalue weighted by molar-refractivity contribution is 7.47. The molecule has 1 fully saturated rings. The standard InChI is InChI=1S/C6H13O5P/c1-5-4-11-12(8,9)10-3-2-6(5)7/h5-7H,2-4H2,1H3,(H,8,9). The zero-order chi connectivity index (χ0) is 9.19. The quantitative estimate of drug-likeness (QED) is 0.552. The number of hydrogen-bond donors (Lipinski definition) is 2. The third kappa shape index (κ3) is 2.84. The molecule has 0 aromatic carbocycles. The van der Waals surface area contributed by atoms with Crippen molar-refractivity contribution in [1.29, 1.82) is 0 Å².